The fourth-order valence-electron chi connectivity index (χ4n) is 3.79. The smallest absolute Gasteiger partial charge is 0.328 e. The van der Waals surface area contributed by atoms with Crippen LogP contribution in [0.1, 0.15) is 35.3 Å². The highest BCUT2D eigenvalue weighted by Gasteiger charge is 2.36. The minimum absolute atomic E-state index is 0.180. The van der Waals surface area contributed by atoms with Crippen LogP contribution < -0.4 is 15.6 Å². The Bertz CT molecular complexity index is 758. The van der Waals surface area contributed by atoms with Gasteiger partial charge in [0.05, 0.1) is 14.2 Å². The third-order valence-electron chi connectivity index (χ3n) is 5.10. The molecule has 0 aromatic carbocycles. The first-order chi connectivity index (χ1) is 12.6. The van der Waals surface area contributed by atoms with Crippen LogP contribution in [-0.2, 0) is 22.5 Å². The van der Waals surface area contributed by atoms with E-state index in [0.717, 1.165) is 12.8 Å². The Morgan fingerprint density at radius 1 is 1.19 bits per heavy atom. The minimum Gasteiger partial charge on any atom is -0.496 e. The highest BCUT2D eigenvalue weighted by Crippen LogP contribution is 2.27. The molecule has 1 aromatic rings. The first kappa shape index (κ1) is 18.4. The van der Waals surface area contributed by atoms with Crippen molar-refractivity contribution in [1.82, 2.24) is 14.8 Å². The van der Waals surface area contributed by atoms with Crippen LogP contribution in [0.4, 0.5) is 0 Å². The number of hydrogen-bond acceptors (Lipinski definition) is 6. The van der Waals surface area contributed by atoms with Crippen LogP contribution in [0.2, 0.25) is 0 Å². The van der Waals surface area contributed by atoms with E-state index in [1.165, 1.54) is 20.3 Å². The van der Waals surface area contributed by atoms with Crippen LogP contribution in [0, 0.1) is 0 Å². The van der Waals surface area contributed by atoms with Crippen molar-refractivity contribution in [3.8, 4) is 5.75 Å². The van der Waals surface area contributed by atoms with Crippen molar-refractivity contribution in [3.05, 3.63) is 27.7 Å². The van der Waals surface area contributed by atoms with Crippen molar-refractivity contribution >= 4 is 11.9 Å². The standard InChI is InChI=1S/C18H25N3O5/c1-25-14-11-15(22)20-10-8-19-7-6-12(20)16(14)17(23)21-9-4-3-5-13(21)18(24)26-2/h11,13,19H,3-10H2,1-2H3/t13-/m0/s1. The van der Waals surface area contributed by atoms with Crippen LogP contribution in [0.15, 0.2) is 10.9 Å². The third-order valence-corrected chi connectivity index (χ3v) is 5.10. The van der Waals surface area contributed by atoms with Crippen LogP contribution in [0.25, 0.3) is 0 Å². The summed E-state index contributed by atoms with van der Waals surface area (Å²) in [5, 5.41) is 3.24. The van der Waals surface area contributed by atoms with E-state index in [0.29, 0.717) is 50.3 Å². The number of likely N-dealkylation sites (tertiary alicyclic amines) is 1. The molecule has 8 nitrogen and oxygen atoms in total. The Morgan fingerprint density at radius 3 is 2.73 bits per heavy atom. The lowest BCUT2D eigenvalue weighted by atomic mass is 9.99. The molecule has 3 heterocycles. The molecule has 3 rings (SSSR count). The molecule has 2 aliphatic rings. The van der Waals surface area contributed by atoms with Crippen molar-refractivity contribution in [2.24, 2.45) is 0 Å². The molecule has 26 heavy (non-hydrogen) atoms. The first-order valence-corrected chi connectivity index (χ1v) is 8.98. The lowest BCUT2D eigenvalue weighted by molar-refractivity contribution is -0.147. The SMILES string of the molecule is COC(=O)[C@@H]1CCCCN1C(=O)c1c(OC)cc(=O)n2c1CCNCC2. The van der Waals surface area contributed by atoms with Gasteiger partial charge in [-0.3, -0.25) is 9.59 Å². The van der Waals surface area contributed by atoms with Crippen LogP contribution in [0.3, 0.4) is 0 Å². The maximum absolute atomic E-state index is 13.4. The molecule has 0 radical (unpaired) electrons. The molecular weight excluding hydrogens is 338 g/mol. The minimum atomic E-state index is -0.595. The number of aromatic nitrogens is 1. The number of fused-ring (bicyclic) bond motifs is 1. The molecule has 142 valence electrons. The van der Waals surface area contributed by atoms with Gasteiger partial charge in [-0.25, -0.2) is 4.79 Å². The van der Waals surface area contributed by atoms with E-state index in [1.807, 2.05) is 0 Å². The second kappa shape index (κ2) is 7.90. The van der Waals surface area contributed by atoms with Gasteiger partial charge in [-0.05, 0) is 19.3 Å². The number of rotatable bonds is 3. The molecule has 0 spiro atoms. The fourth-order valence-corrected chi connectivity index (χ4v) is 3.79. The number of pyridine rings is 1. The van der Waals surface area contributed by atoms with Gasteiger partial charge < -0.3 is 24.3 Å². The molecule has 8 heteroatoms. The number of nitrogens with one attached hydrogen (secondary N) is 1. The maximum atomic E-state index is 13.4. The quantitative estimate of drug-likeness (QED) is 0.770. The van der Waals surface area contributed by atoms with Crippen LogP contribution >= 0.6 is 0 Å². The third kappa shape index (κ3) is 3.33. The van der Waals surface area contributed by atoms with Gasteiger partial charge in [-0.2, -0.15) is 0 Å². The molecule has 1 amide bonds. The number of amides is 1. The van der Waals surface area contributed by atoms with Gasteiger partial charge in [-0.1, -0.05) is 0 Å². The summed E-state index contributed by atoms with van der Waals surface area (Å²) in [5.74, 6) is -0.414. The molecule has 1 saturated heterocycles. The average molecular weight is 363 g/mol. The maximum Gasteiger partial charge on any atom is 0.328 e. The number of ether oxygens (including phenoxy) is 2. The Kier molecular flexibility index (Phi) is 5.61. The first-order valence-electron chi connectivity index (χ1n) is 8.98. The highest BCUT2D eigenvalue weighted by atomic mass is 16.5. The number of methoxy groups -OCH3 is 2. The number of esters is 1. The summed E-state index contributed by atoms with van der Waals surface area (Å²) >= 11 is 0. The number of piperidine rings is 1. The molecular formula is C18H25N3O5. The zero-order valence-electron chi connectivity index (χ0n) is 15.2. The molecule has 1 fully saturated rings. The average Bonchev–Trinajstić information content (AvgIpc) is 2.93. The summed E-state index contributed by atoms with van der Waals surface area (Å²) < 4.78 is 11.9. The molecule has 1 N–H and O–H groups in total. The largest absolute Gasteiger partial charge is 0.496 e. The van der Waals surface area contributed by atoms with Crippen molar-refractivity contribution < 1.29 is 19.1 Å². The van der Waals surface area contributed by atoms with Crippen LogP contribution in [-0.4, -0.2) is 61.2 Å². The lowest BCUT2D eigenvalue weighted by Gasteiger charge is -2.34. The summed E-state index contributed by atoms with van der Waals surface area (Å²) in [6.07, 6.45) is 2.83. The van der Waals surface area contributed by atoms with Crippen molar-refractivity contribution in [2.45, 2.75) is 38.3 Å². The Balaban J connectivity index is 2.08. The number of carbonyl (C=O) groups is 2. The lowest BCUT2D eigenvalue weighted by Crippen LogP contribution is -2.49. The van der Waals surface area contributed by atoms with E-state index in [-0.39, 0.29) is 17.2 Å². The summed E-state index contributed by atoms with van der Waals surface area (Å²) in [4.78, 5) is 39.5. The molecule has 2 aliphatic heterocycles. The van der Waals surface area contributed by atoms with Crippen molar-refractivity contribution in [2.75, 3.05) is 33.9 Å². The molecule has 0 bridgehead atoms. The topological polar surface area (TPSA) is 89.9 Å². The summed E-state index contributed by atoms with van der Waals surface area (Å²) in [6, 6.07) is 0.765. The van der Waals surface area contributed by atoms with E-state index in [2.05, 4.69) is 5.32 Å². The van der Waals surface area contributed by atoms with Crippen LogP contribution in [0.5, 0.6) is 5.75 Å². The second-order valence-corrected chi connectivity index (χ2v) is 6.56. The zero-order valence-corrected chi connectivity index (χ0v) is 15.2. The molecule has 0 aliphatic carbocycles. The Morgan fingerprint density at radius 2 is 2.00 bits per heavy atom. The summed E-state index contributed by atoms with van der Waals surface area (Å²) in [5.41, 5.74) is 0.866. The number of hydrogen-bond donors (Lipinski definition) is 1. The summed E-state index contributed by atoms with van der Waals surface area (Å²) in [7, 11) is 2.78. The number of nitrogens with zero attached hydrogens (tertiary/aromatic N) is 2. The molecule has 0 unspecified atom stereocenters. The van der Waals surface area contributed by atoms with Gasteiger partial charge in [-0.15, -0.1) is 0 Å². The van der Waals surface area contributed by atoms with Gasteiger partial charge in [0.15, 0.2) is 0 Å². The molecule has 1 aromatic heterocycles. The Hall–Kier alpha value is -2.35. The van der Waals surface area contributed by atoms with E-state index in [1.54, 1.807) is 9.47 Å². The highest BCUT2D eigenvalue weighted by molar-refractivity contribution is 6.00. The van der Waals surface area contributed by atoms with E-state index < -0.39 is 12.0 Å². The normalized spacial score (nSPS) is 20.1. The number of carbonyl (C=O) groups excluding carboxylic acids is 2. The summed E-state index contributed by atoms with van der Waals surface area (Å²) in [6.45, 7) is 2.33. The van der Waals surface area contributed by atoms with Gasteiger partial charge in [0, 0.05) is 44.4 Å². The van der Waals surface area contributed by atoms with Gasteiger partial charge in [0.1, 0.15) is 17.4 Å². The van der Waals surface area contributed by atoms with E-state index in [9.17, 15) is 14.4 Å². The van der Waals surface area contributed by atoms with Gasteiger partial charge >= 0.3 is 5.97 Å². The second-order valence-electron chi connectivity index (χ2n) is 6.56. The molecule has 1 atom stereocenters. The van der Waals surface area contributed by atoms with Crippen molar-refractivity contribution in [1.29, 1.82) is 0 Å². The van der Waals surface area contributed by atoms with Gasteiger partial charge in [0.2, 0.25) is 0 Å². The zero-order chi connectivity index (χ0) is 18.7. The molecule has 0 saturated carbocycles. The Labute approximate surface area is 152 Å². The fraction of sp³-hybridized carbons (Fsp3) is 0.611. The monoisotopic (exact) mass is 363 g/mol. The van der Waals surface area contributed by atoms with E-state index >= 15 is 0 Å². The van der Waals surface area contributed by atoms with Gasteiger partial charge in [0.25, 0.3) is 11.5 Å². The van der Waals surface area contributed by atoms with Crippen molar-refractivity contribution in [3.63, 3.8) is 0 Å². The predicted molar refractivity (Wildman–Crippen MR) is 94.5 cm³/mol. The van der Waals surface area contributed by atoms with E-state index in [4.69, 9.17) is 9.47 Å². The predicted octanol–water partition coefficient (Wildman–Crippen LogP) is 0.170.